The zero-order chi connectivity index (χ0) is 16.8. The predicted molar refractivity (Wildman–Crippen MR) is 87.0 cm³/mol. The van der Waals surface area contributed by atoms with E-state index < -0.39 is 11.8 Å². The van der Waals surface area contributed by atoms with Crippen LogP contribution in [0.5, 0.6) is 0 Å². The Balaban J connectivity index is 1.95. The molecule has 0 saturated carbocycles. The highest BCUT2D eigenvalue weighted by Gasteiger charge is 2.49. The summed E-state index contributed by atoms with van der Waals surface area (Å²) in [5, 5.41) is 9.33. The fourth-order valence-corrected chi connectivity index (χ4v) is 2.74. The van der Waals surface area contributed by atoms with Gasteiger partial charge in [0.2, 0.25) is 5.66 Å². The SMILES string of the molecule is CCOC(=O)N1N=NCC1(C#Cc1ccccc1)N1CCOCC1. The van der Waals surface area contributed by atoms with Gasteiger partial charge in [-0.2, -0.15) is 5.11 Å². The number of ether oxygens (including phenoxy) is 2. The maximum atomic E-state index is 12.3. The number of carbonyl (C=O) groups excluding carboxylic acids is 1. The zero-order valence-electron chi connectivity index (χ0n) is 13.6. The van der Waals surface area contributed by atoms with Crippen LogP contribution in [0.2, 0.25) is 0 Å². The Morgan fingerprint density at radius 2 is 2.08 bits per heavy atom. The Hall–Kier alpha value is -2.43. The number of nitrogens with zero attached hydrogens (tertiary/aromatic N) is 4. The molecule has 0 bridgehead atoms. The van der Waals surface area contributed by atoms with E-state index in [4.69, 9.17) is 9.47 Å². The van der Waals surface area contributed by atoms with Crippen LogP contribution in [0.25, 0.3) is 0 Å². The number of hydrogen-bond acceptors (Lipinski definition) is 6. The van der Waals surface area contributed by atoms with Crippen molar-refractivity contribution < 1.29 is 14.3 Å². The minimum atomic E-state index is -0.925. The van der Waals surface area contributed by atoms with E-state index >= 15 is 0 Å². The van der Waals surface area contributed by atoms with E-state index in [0.29, 0.717) is 32.8 Å². The minimum Gasteiger partial charge on any atom is -0.448 e. The van der Waals surface area contributed by atoms with E-state index in [0.717, 1.165) is 5.56 Å². The Kier molecular flexibility index (Phi) is 5.08. The third-order valence-electron chi connectivity index (χ3n) is 3.95. The van der Waals surface area contributed by atoms with Crippen LogP contribution >= 0.6 is 0 Å². The largest absolute Gasteiger partial charge is 0.448 e. The second-order valence-corrected chi connectivity index (χ2v) is 5.43. The molecule has 1 saturated heterocycles. The van der Waals surface area contributed by atoms with Crippen LogP contribution in [0.3, 0.4) is 0 Å². The molecular formula is C17H20N4O3. The average Bonchev–Trinajstić information content (AvgIpc) is 3.07. The lowest BCUT2D eigenvalue weighted by Gasteiger charge is -2.41. The summed E-state index contributed by atoms with van der Waals surface area (Å²) in [6, 6.07) is 9.65. The molecule has 126 valence electrons. The molecule has 1 fully saturated rings. The second kappa shape index (κ2) is 7.43. The van der Waals surface area contributed by atoms with Crippen molar-refractivity contribution in [3.8, 4) is 11.8 Å². The lowest BCUT2D eigenvalue weighted by Crippen LogP contribution is -2.62. The van der Waals surface area contributed by atoms with Gasteiger partial charge in [0.05, 0.1) is 19.8 Å². The van der Waals surface area contributed by atoms with Crippen LogP contribution < -0.4 is 0 Å². The fourth-order valence-electron chi connectivity index (χ4n) is 2.74. The quantitative estimate of drug-likeness (QED) is 0.778. The van der Waals surface area contributed by atoms with Gasteiger partial charge in [-0.05, 0) is 25.0 Å². The molecule has 7 heteroatoms. The first-order valence-electron chi connectivity index (χ1n) is 8.02. The number of carbonyl (C=O) groups is 1. The molecule has 7 nitrogen and oxygen atoms in total. The van der Waals surface area contributed by atoms with E-state index in [1.807, 2.05) is 30.3 Å². The predicted octanol–water partition coefficient (Wildman–Crippen LogP) is 1.91. The normalized spacial score (nSPS) is 23.6. The van der Waals surface area contributed by atoms with Crippen molar-refractivity contribution in [1.29, 1.82) is 0 Å². The summed E-state index contributed by atoms with van der Waals surface area (Å²) in [5.41, 5.74) is -0.0489. The van der Waals surface area contributed by atoms with Crippen LogP contribution in [0.4, 0.5) is 4.79 Å². The molecule has 1 amide bonds. The Bertz CT molecular complexity index is 661. The van der Waals surface area contributed by atoms with Gasteiger partial charge in [-0.15, -0.1) is 5.01 Å². The molecule has 0 radical (unpaired) electrons. The molecule has 1 atom stereocenters. The minimum absolute atomic E-state index is 0.274. The summed E-state index contributed by atoms with van der Waals surface area (Å²) >= 11 is 0. The van der Waals surface area contributed by atoms with Crippen LogP contribution in [0.15, 0.2) is 40.7 Å². The van der Waals surface area contributed by atoms with Crippen molar-refractivity contribution in [1.82, 2.24) is 9.91 Å². The summed E-state index contributed by atoms with van der Waals surface area (Å²) in [7, 11) is 0. The van der Waals surface area contributed by atoms with Gasteiger partial charge < -0.3 is 9.47 Å². The van der Waals surface area contributed by atoms with Crippen LogP contribution in [0, 0.1) is 11.8 Å². The first-order valence-corrected chi connectivity index (χ1v) is 8.02. The molecule has 3 rings (SSSR count). The lowest BCUT2D eigenvalue weighted by molar-refractivity contribution is -0.0492. The first-order chi connectivity index (χ1) is 11.8. The van der Waals surface area contributed by atoms with Crippen molar-refractivity contribution in [2.45, 2.75) is 12.6 Å². The molecule has 2 heterocycles. The smallest absolute Gasteiger partial charge is 0.434 e. The van der Waals surface area contributed by atoms with Crippen molar-refractivity contribution in [2.24, 2.45) is 10.3 Å². The fraction of sp³-hybridized carbons (Fsp3) is 0.471. The average molecular weight is 328 g/mol. The standard InChI is InChI=1S/C17H20N4O3/c1-2-24-16(22)21-17(14-18-19-21,20-10-12-23-13-11-20)9-8-15-6-4-3-5-7-15/h3-7H,2,10-14H2,1H3. The highest BCUT2D eigenvalue weighted by Crippen LogP contribution is 2.29. The first kappa shape index (κ1) is 16.4. The Morgan fingerprint density at radius 1 is 1.33 bits per heavy atom. The molecule has 1 aromatic rings. The van der Waals surface area contributed by atoms with Crippen molar-refractivity contribution >= 4 is 6.09 Å². The number of morpholine rings is 1. The Labute approximate surface area is 141 Å². The van der Waals surface area contributed by atoms with E-state index in [1.165, 1.54) is 5.01 Å². The third kappa shape index (κ3) is 3.25. The summed E-state index contributed by atoms with van der Waals surface area (Å²) in [5.74, 6) is 6.38. The topological polar surface area (TPSA) is 66.7 Å². The third-order valence-corrected chi connectivity index (χ3v) is 3.95. The van der Waals surface area contributed by atoms with Crippen molar-refractivity contribution in [3.63, 3.8) is 0 Å². The van der Waals surface area contributed by atoms with Gasteiger partial charge >= 0.3 is 6.09 Å². The molecule has 0 spiro atoms. The van der Waals surface area contributed by atoms with Gasteiger partial charge in [-0.3, -0.25) is 4.90 Å². The molecule has 0 N–H and O–H groups in total. The molecule has 2 aliphatic heterocycles. The maximum Gasteiger partial charge on any atom is 0.434 e. The van der Waals surface area contributed by atoms with Crippen LogP contribution in [-0.4, -0.2) is 61.1 Å². The highest BCUT2D eigenvalue weighted by molar-refractivity contribution is 5.69. The molecule has 0 aromatic heterocycles. The number of amides is 1. The molecule has 24 heavy (non-hydrogen) atoms. The summed E-state index contributed by atoms with van der Waals surface area (Å²) in [6.45, 7) is 4.82. The van der Waals surface area contributed by atoms with Gasteiger partial charge in [0.1, 0.15) is 6.54 Å². The van der Waals surface area contributed by atoms with Gasteiger partial charge in [-0.25, -0.2) is 4.79 Å². The highest BCUT2D eigenvalue weighted by atomic mass is 16.6. The maximum absolute atomic E-state index is 12.3. The lowest BCUT2D eigenvalue weighted by atomic mass is 10.1. The molecule has 1 aromatic carbocycles. The summed E-state index contributed by atoms with van der Waals surface area (Å²) < 4.78 is 10.6. The van der Waals surface area contributed by atoms with E-state index in [1.54, 1.807) is 6.92 Å². The van der Waals surface area contributed by atoms with Crippen LogP contribution in [-0.2, 0) is 9.47 Å². The number of benzene rings is 1. The number of hydrogen-bond donors (Lipinski definition) is 0. The summed E-state index contributed by atoms with van der Waals surface area (Å²) in [4.78, 5) is 14.4. The molecule has 1 unspecified atom stereocenters. The molecule has 2 aliphatic rings. The Morgan fingerprint density at radius 3 is 2.79 bits per heavy atom. The number of rotatable bonds is 2. The molecule has 0 aliphatic carbocycles. The van der Waals surface area contributed by atoms with Crippen molar-refractivity contribution in [2.75, 3.05) is 39.5 Å². The van der Waals surface area contributed by atoms with Crippen LogP contribution in [0.1, 0.15) is 12.5 Å². The zero-order valence-corrected chi connectivity index (χ0v) is 13.6. The van der Waals surface area contributed by atoms with Gasteiger partial charge in [-0.1, -0.05) is 29.3 Å². The van der Waals surface area contributed by atoms with Crippen molar-refractivity contribution in [3.05, 3.63) is 35.9 Å². The molecular weight excluding hydrogens is 308 g/mol. The monoisotopic (exact) mass is 328 g/mol. The summed E-state index contributed by atoms with van der Waals surface area (Å²) in [6.07, 6.45) is -0.535. The van der Waals surface area contributed by atoms with Gasteiger partial charge in [0.15, 0.2) is 0 Å². The van der Waals surface area contributed by atoms with E-state index in [-0.39, 0.29) is 6.61 Å². The second-order valence-electron chi connectivity index (χ2n) is 5.43. The van der Waals surface area contributed by atoms with E-state index in [2.05, 4.69) is 27.1 Å². The van der Waals surface area contributed by atoms with Gasteiger partial charge in [0.25, 0.3) is 0 Å². The van der Waals surface area contributed by atoms with Gasteiger partial charge in [0, 0.05) is 18.7 Å². The van der Waals surface area contributed by atoms with E-state index in [9.17, 15) is 4.79 Å².